The Morgan fingerprint density at radius 3 is 2.75 bits per heavy atom. The zero-order chi connectivity index (χ0) is 14.5. The first kappa shape index (κ1) is 14.9. The van der Waals surface area contributed by atoms with Crippen molar-refractivity contribution in [3.8, 4) is 0 Å². The smallest absolute Gasteiger partial charge is 0.194 e. The van der Waals surface area contributed by atoms with Gasteiger partial charge < -0.3 is 14.7 Å². The van der Waals surface area contributed by atoms with E-state index >= 15 is 0 Å². The molecule has 0 amide bonds. The lowest BCUT2D eigenvalue weighted by molar-refractivity contribution is 0.272. The molecule has 20 heavy (non-hydrogen) atoms. The minimum Gasteiger partial charge on any atom is -0.359 e. The van der Waals surface area contributed by atoms with E-state index in [-0.39, 0.29) is 0 Å². The zero-order valence-corrected chi connectivity index (χ0v) is 13.0. The zero-order valence-electron chi connectivity index (χ0n) is 13.0. The van der Waals surface area contributed by atoms with Crippen molar-refractivity contribution in [3.05, 3.63) is 17.5 Å². The molecule has 2 rings (SSSR count). The summed E-state index contributed by atoms with van der Waals surface area (Å²) in [6, 6.07) is 2.02. The topological polar surface area (TPSA) is 53.7 Å². The van der Waals surface area contributed by atoms with Crippen LogP contribution in [0.1, 0.15) is 51.0 Å². The van der Waals surface area contributed by atoms with Gasteiger partial charge in [-0.25, -0.2) is 0 Å². The van der Waals surface area contributed by atoms with Crippen molar-refractivity contribution in [1.29, 1.82) is 0 Å². The van der Waals surface area contributed by atoms with Crippen molar-refractivity contribution in [3.63, 3.8) is 0 Å². The normalized spacial score (nSPS) is 17.9. The Labute approximate surface area is 121 Å². The molecular formula is C15H26N4O. The fourth-order valence-electron chi connectivity index (χ4n) is 2.40. The van der Waals surface area contributed by atoms with Crippen LogP contribution < -0.4 is 5.32 Å². The van der Waals surface area contributed by atoms with Crippen LogP contribution in [0.15, 0.2) is 15.6 Å². The quantitative estimate of drug-likeness (QED) is 0.682. The van der Waals surface area contributed by atoms with Gasteiger partial charge in [-0.15, -0.1) is 0 Å². The van der Waals surface area contributed by atoms with E-state index in [0.29, 0.717) is 12.5 Å². The van der Waals surface area contributed by atoms with Crippen molar-refractivity contribution in [1.82, 2.24) is 15.4 Å². The molecule has 1 aliphatic heterocycles. The Morgan fingerprint density at radius 1 is 1.50 bits per heavy atom. The van der Waals surface area contributed by atoms with E-state index in [1.54, 1.807) is 0 Å². The molecule has 1 aromatic heterocycles. The summed E-state index contributed by atoms with van der Waals surface area (Å²) in [6.07, 6.45) is 2.47. The van der Waals surface area contributed by atoms with Crippen molar-refractivity contribution in [2.45, 2.75) is 46.1 Å². The molecule has 0 aromatic carbocycles. The monoisotopic (exact) mass is 278 g/mol. The van der Waals surface area contributed by atoms with Crippen LogP contribution in [-0.4, -0.2) is 36.2 Å². The molecule has 5 nitrogen and oxygen atoms in total. The molecule has 0 spiro atoms. The van der Waals surface area contributed by atoms with Gasteiger partial charge in [0.1, 0.15) is 0 Å². The maximum Gasteiger partial charge on any atom is 0.194 e. The summed E-state index contributed by atoms with van der Waals surface area (Å²) in [5, 5.41) is 7.44. The summed E-state index contributed by atoms with van der Waals surface area (Å²) in [5.74, 6) is 3.04. The third-order valence-corrected chi connectivity index (χ3v) is 3.88. The second-order valence-corrected chi connectivity index (χ2v) is 5.94. The molecule has 1 aliphatic rings. The minimum atomic E-state index is 0.399. The molecule has 112 valence electrons. The van der Waals surface area contributed by atoms with Crippen LogP contribution in [0, 0.1) is 5.92 Å². The highest BCUT2D eigenvalue weighted by molar-refractivity contribution is 5.79. The predicted octanol–water partition coefficient (Wildman–Crippen LogP) is 2.61. The maximum absolute atomic E-state index is 5.34. The number of guanidine groups is 1. The average molecular weight is 278 g/mol. The fraction of sp³-hybridized carbons (Fsp3) is 0.733. The summed E-state index contributed by atoms with van der Waals surface area (Å²) in [7, 11) is 1.83. The van der Waals surface area contributed by atoms with Gasteiger partial charge in [0.2, 0.25) is 0 Å². The van der Waals surface area contributed by atoms with Crippen LogP contribution in [0.5, 0.6) is 0 Å². The molecule has 0 saturated carbocycles. The van der Waals surface area contributed by atoms with Crippen LogP contribution in [-0.2, 0) is 6.54 Å². The highest BCUT2D eigenvalue weighted by Gasteiger charge is 2.18. The van der Waals surface area contributed by atoms with Crippen LogP contribution in [0.4, 0.5) is 0 Å². The summed E-state index contributed by atoms with van der Waals surface area (Å²) in [6.45, 7) is 9.34. The number of hydrogen-bond donors (Lipinski definition) is 1. The van der Waals surface area contributed by atoms with Crippen LogP contribution in [0.3, 0.4) is 0 Å². The second kappa shape index (κ2) is 6.77. The van der Waals surface area contributed by atoms with Crippen molar-refractivity contribution >= 4 is 5.96 Å². The van der Waals surface area contributed by atoms with Gasteiger partial charge in [0, 0.05) is 26.2 Å². The van der Waals surface area contributed by atoms with E-state index in [4.69, 9.17) is 4.52 Å². The molecular weight excluding hydrogens is 252 g/mol. The molecule has 1 aromatic rings. The standard InChI is InChI=1S/C15H26N4O/c1-11(2)14-9-13(20-18-14)10-17-15(16-4)19-7-5-12(3)6-8-19/h9,11-12H,5-8,10H2,1-4H3,(H,16,17). The first-order valence-electron chi connectivity index (χ1n) is 7.51. The van der Waals surface area contributed by atoms with E-state index < -0.39 is 0 Å². The fourth-order valence-corrected chi connectivity index (χ4v) is 2.40. The predicted molar refractivity (Wildman–Crippen MR) is 80.8 cm³/mol. The third-order valence-electron chi connectivity index (χ3n) is 3.88. The van der Waals surface area contributed by atoms with E-state index in [1.807, 2.05) is 13.1 Å². The van der Waals surface area contributed by atoms with E-state index in [1.165, 1.54) is 12.8 Å². The van der Waals surface area contributed by atoms with Crippen LogP contribution >= 0.6 is 0 Å². The number of likely N-dealkylation sites (tertiary alicyclic amines) is 1. The van der Waals surface area contributed by atoms with Gasteiger partial charge in [0.25, 0.3) is 0 Å². The van der Waals surface area contributed by atoms with Gasteiger partial charge in [-0.3, -0.25) is 4.99 Å². The van der Waals surface area contributed by atoms with Crippen LogP contribution in [0.25, 0.3) is 0 Å². The summed E-state index contributed by atoms with van der Waals surface area (Å²) >= 11 is 0. The average Bonchev–Trinajstić information content (AvgIpc) is 2.90. The third kappa shape index (κ3) is 3.74. The molecule has 0 atom stereocenters. The lowest BCUT2D eigenvalue weighted by atomic mass is 10.00. The van der Waals surface area contributed by atoms with Gasteiger partial charge in [-0.1, -0.05) is 25.9 Å². The molecule has 5 heteroatoms. The van der Waals surface area contributed by atoms with Crippen LogP contribution in [0.2, 0.25) is 0 Å². The first-order chi connectivity index (χ1) is 9.60. The Kier molecular flexibility index (Phi) is 5.04. The van der Waals surface area contributed by atoms with Crippen molar-refractivity contribution in [2.75, 3.05) is 20.1 Å². The molecule has 0 radical (unpaired) electrons. The molecule has 0 aliphatic carbocycles. The number of hydrogen-bond acceptors (Lipinski definition) is 3. The minimum absolute atomic E-state index is 0.399. The number of nitrogens with zero attached hydrogens (tertiary/aromatic N) is 3. The molecule has 2 heterocycles. The number of aromatic nitrogens is 1. The molecule has 1 saturated heterocycles. The summed E-state index contributed by atoms with van der Waals surface area (Å²) in [5.41, 5.74) is 1.00. The van der Waals surface area contributed by atoms with Gasteiger partial charge in [0.05, 0.1) is 12.2 Å². The maximum atomic E-state index is 5.34. The van der Waals surface area contributed by atoms with Gasteiger partial charge >= 0.3 is 0 Å². The van der Waals surface area contributed by atoms with Gasteiger partial charge in [-0.05, 0) is 24.7 Å². The van der Waals surface area contributed by atoms with E-state index in [0.717, 1.165) is 36.4 Å². The van der Waals surface area contributed by atoms with Gasteiger partial charge in [0.15, 0.2) is 11.7 Å². The van der Waals surface area contributed by atoms with E-state index in [2.05, 4.69) is 41.1 Å². The molecule has 0 bridgehead atoms. The second-order valence-electron chi connectivity index (χ2n) is 5.94. The lowest BCUT2D eigenvalue weighted by Crippen LogP contribution is -2.45. The molecule has 1 fully saturated rings. The SMILES string of the molecule is CN=C(NCc1cc(C(C)C)no1)N1CCC(C)CC1. The first-order valence-corrected chi connectivity index (χ1v) is 7.51. The summed E-state index contributed by atoms with van der Waals surface area (Å²) in [4.78, 5) is 6.68. The number of piperidine rings is 1. The Balaban J connectivity index is 1.87. The van der Waals surface area contributed by atoms with Gasteiger partial charge in [-0.2, -0.15) is 0 Å². The number of rotatable bonds is 3. The number of aliphatic imine (C=N–C) groups is 1. The highest BCUT2D eigenvalue weighted by Crippen LogP contribution is 2.16. The van der Waals surface area contributed by atoms with Crippen molar-refractivity contribution < 1.29 is 4.52 Å². The van der Waals surface area contributed by atoms with E-state index in [9.17, 15) is 0 Å². The van der Waals surface area contributed by atoms with Crippen molar-refractivity contribution in [2.24, 2.45) is 10.9 Å². The Morgan fingerprint density at radius 2 is 2.20 bits per heavy atom. The molecule has 1 N–H and O–H groups in total. The Hall–Kier alpha value is -1.52. The number of nitrogens with one attached hydrogen (secondary N) is 1. The largest absolute Gasteiger partial charge is 0.359 e. The lowest BCUT2D eigenvalue weighted by Gasteiger charge is -2.32. The summed E-state index contributed by atoms with van der Waals surface area (Å²) < 4.78 is 5.34. The highest BCUT2D eigenvalue weighted by atomic mass is 16.5. The molecule has 0 unspecified atom stereocenters. The Bertz CT molecular complexity index is 444.